The monoisotopic (exact) mass is 310 g/mol. The Kier molecular flexibility index (Phi) is 3.77. The third-order valence-corrected chi connectivity index (χ3v) is 5.28. The van der Waals surface area contributed by atoms with Gasteiger partial charge in [-0.05, 0) is 42.9 Å². The smallest absolute Gasteiger partial charge is 0.123 e. The summed E-state index contributed by atoms with van der Waals surface area (Å²) in [4.78, 5) is 0.423. The Balaban J connectivity index is 2.23. The van der Waals surface area contributed by atoms with Gasteiger partial charge in [-0.2, -0.15) is 0 Å². The van der Waals surface area contributed by atoms with E-state index in [1.165, 1.54) is 11.1 Å². The molecule has 1 aliphatic rings. The van der Waals surface area contributed by atoms with Crippen LogP contribution in [0.15, 0.2) is 18.2 Å². The van der Waals surface area contributed by atoms with Crippen molar-refractivity contribution in [2.75, 3.05) is 0 Å². The molecule has 0 amide bonds. The molecule has 2 atom stereocenters. The van der Waals surface area contributed by atoms with Crippen molar-refractivity contribution >= 4 is 15.9 Å². The van der Waals surface area contributed by atoms with Crippen LogP contribution in [0.4, 0.5) is 0 Å². The Morgan fingerprint density at radius 2 is 1.89 bits per heavy atom. The van der Waals surface area contributed by atoms with Crippen LogP contribution in [0.5, 0.6) is 5.75 Å². The number of benzene rings is 1. The molecule has 0 saturated carbocycles. The first-order valence-corrected chi connectivity index (χ1v) is 7.67. The highest BCUT2D eigenvalue weighted by atomic mass is 79.9. The van der Waals surface area contributed by atoms with Gasteiger partial charge in [0, 0.05) is 11.2 Å². The minimum atomic E-state index is -0.0492. The maximum absolute atomic E-state index is 5.92. The van der Waals surface area contributed by atoms with Crippen molar-refractivity contribution in [2.45, 2.75) is 51.5 Å². The van der Waals surface area contributed by atoms with Gasteiger partial charge in [-0.1, -0.05) is 48.8 Å². The highest BCUT2D eigenvalue weighted by Gasteiger charge is 2.30. The Morgan fingerprint density at radius 1 is 1.22 bits per heavy atom. The molecule has 1 aromatic carbocycles. The maximum Gasteiger partial charge on any atom is 0.123 e. The summed E-state index contributed by atoms with van der Waals surface area (Å²) in [5, 5.41) is 0. The molecule has 0 fully saturated rings. The molecular formula is C16H23BrO. The standard InChI is InChI=1S/C16H23BrO/c1-10(2)11(3)15(17)12-6-7-14-13(8-12)9-16(4,5)18-14/h6-8,10-11,15H,9H2,1-5H3. The van der Waals surface area contributed by atoms with Gasteiger partial charge < -0.3 is 4.74 Å². The number of hydrogen-bond acceptors (Lipinski definition) is 1. The first-order chi connectivity index (χ1) is 8.30. The van der Waals surface area contributed by atoms with E-state index in [0.29, 0.717) is 16.7 Å². The van der Waals surface area contributed by atoms with Crippen LogP contribution in [0.2, 0.25) is 0 Å². The van der Waals surface area contributed by atoms with Gasteiger partial charge in [-0.25, -0.2) is 0 Å². The minimum Gasteiger partial charge on any atom is -0.487 e. The number of rotatable bonds is 3. The number of halogens is 1. The molecule has 2 rings (SSSR count). The largest absolute Gasteiger partial charge is 0.487 e. The average Bonchev–Trinajstić information content (AvgIpc) is 2.59. The highest BCUT2D eigenvalue weighted by molar-refractivity contribution is 9.09. The molecule has 2 heteroatoms. The maximum atomic E-state index is 5.92. The molecule has 1 heterocycles. The molecular weight excluding hydrogens is 288 g/mol. The number of alkyl halides is 1. The summed E-state index contributed by atoms with van der Waals surface area (Å²) in [6.07, 6.45) is 1.01. The average molecular weight is 311 g/mol. The zero-order chi connectivity index (χ0) is 13.5. The van der Waals surface area contributed by atoms with Crippen molar-refractivity contribution in [1.29, 1.82) is 0 Å². The second-order valence-electron chi connectivity index (χ2n) is 6.41. The van der Waals surface area contributed by atoms with Crippen molar-refractivity contribution in [3.63, 3.8) is 0 Å². The van der Waals surface area contributed by atoms with E-state index in [4.69, 9.17) is 4.74 Å². The molecule has 0 aromatic heterocycles. The van der Waals surface area contributed by atoms with Gasteiger partial charge in [-0.3, -0.25) is 0 Å². The Hall–Kier alpha value is -0.500. The van der Waals surface area contributed by atoms with Crippen molar-refractivity contribution < 1.29 is 4.74 Å². The number of ether oxygens (including phenoxy) is 1. The molecule has 0 bridgehead atoms. The lowest BCUT2D eigenvalue weighted by atomic mass is 9.89. The van der Waals surface area contributed by atoms with Crippen LogP contribution in [-0.4, -0.2) is 5.60 Å². The fourth-order valence-corrected chi connectivity index (χ4v) is 3.34. The van der Waals surface area contributed by atoms with E-state index in [0.717, 1.165) is 12.2 Å². The highest BCUT2D eigenvalue weighted by Crippen LogP contribution is 2.40. The summed E-state index contributed by atoms with van der Waals surface area (Å²) < 4.78 is 5.92. The van der Waals surface area contributed by atoms with Crippen LogP contribution in [0.1, 0.15) is 50.6 Å². The van der Waals surface area contributed by atoms with Crippen molar-refractivity contribution in [3.05, 3.63) is 29.3 Å². The summed E-state index contributed by atoms with van der Waals surface area (Å²) in [7, 11) is 0. The van der Waals surface area contributed by atoms with Crippen LogP contribution < -0.4 is 4.74 Å². The zero-order valence-electron chi connectivity index (χ0n) is 12.0. The van der Waals surface area contributed by atoms with E-state index < -0.39 is 0 Å². The Morgan fingerprint density at radius 3 is 2.50 bits per heavy atom. The van der Waals surface area contributed by atoms with E-state index >= 15 is 0 Å². The molecule has 0 spiro atoms. The lowest BCUT2D eigenvalue weighted by molar-refractivity contribution is 0.138. The van der Waals surface area contributed by atoms with Crippen LogP contribution in [0, 0.1) is 11.8 Å². The minimum absolute atomic E-state index is 0.0492. The molecule has 1 aliphatic heterocycles. The molecule has 0 saturated heterocycles. The summed E-state index contributed by atoms with van der Waals surface area (Å²) in [6, 6.07) is 6.63. The number of fused-ring (bicyclic) bond motifs is 1. The predicted molar refractivity (Wildman–Crippen MR) is 80.5 cm³/mol. The van der Waals surface area contributed by atoms with Gasteiger partial charge in [0.2, 0.25) is 0 Å². The molecule has 2 unspecified atom stereocenters. The van der Waals surface area contributed by atoms with Gasteiger partial charge in [-0.15, -0.1) is 0 Å². The normalized spacial score (nSPS) is 20.4. The Labute approximate surface area is 119 Å². The zero-order valence-corrected chi connectivity index (χ0v) is 13.5. The van der Waals surface area contributed by atoms with Gasteiger partial charge in [0.25, 0.3) is 0 Å². The quantitative estimate of drug-likeness (QED) is 0.703. The second-order valence-corrected chi connectivity index (χ2v) is 7.40. The van der Waals surface area contributed by atoms with Crippen LogP contribution in [0.3, 0.4) is 0 Å². The summed E-state index contributed by atoms with van der Waals surface area (Å²) in [6.45, 7) is 11.2. The van der Waals surface area contributed by atoms with Crippen molar-refractivity contribution in [1.82, 2.24) is 0 Å². The molecule has 0 N–H and O–H groups in total. The molecule has 1 nitrogen and oxygen atoms in total. The van der Waals surface area contributed by atoms with Crippen LogP contribution >= 0.6 is 15.9 Å². The summed E-state index contributed by atoms with van der Waals surface area (Å²) >= 11 is 3.85. The van der Waals surface area contributed by atoms with Crippen molar-refractivity contribution in [2.24, 2.45) is 11.8 Å². The topological polar surface area (TPSA) is 9.23 Å². The van der Waals surface area contributed by atoms with E-state index in [1.807, 2.05) is 0 Å². The third-order valence-electron chi connectivity index (χ3n) is 3.92. The van der Waals surface area contributed by atoms with Crippen LogP contribution in [-0.2, 0) is 6.42 Å². The fourth-order valence-electron chi connectivity index (χ4n) is 2.44. The van der Waals surface area contributed by atoms with Gasteiger partial charge in [0.1, 0.15) is 11.4 Å². The predicted octanol–water partition coefficient (Wildman–Crippen LogP) is 5.13. The first-order valence-electron chi connectivity index (χ1n) is 6.76. The van der Waals surface area contributed by atoms with Gasteiger partial charge in [0.15, 0.2) is 0 Å². The summed E-state index contributed by atoms with van der Waals surface area (Å²) in [5.74, 6) is 2.36. The SMILES string of the molecule is CC(C)C(C)C(Br)c1ccc2c(c1)CC(C)(C)O2. The van der Waals surface area contributed by atoms with E-state index in [2.05, 4.69) is 68.7 Å². The molecule has 0 radical (unpaired) electrons. The van der Waals surface area contributed by atoms with E-state index in [-0.39, 0.29) is 5.60 Å². The van der Waals surface area contributed by atoms with E-state index in [1.54, 1.807) is 0 Å². The lowest BCUT2D eigenvalue weighted by Crippen LogP contribution is -2.24. The molecule has 100 valence electrons. The molecule has 1 aromatic rings. The van der Waals surface area contributed by atoms with Gasteiger partial charge in [0.05, 0.1) is 0 Å². The van der Waals surface area contributed by atoms with Crippen LogP contribution in [0.25, 0.3) is 0 Å². The second kappa shape index (κ2) is 4.88. The van der Waals surface area contributed by atoms with Crippen molar-refractivity contribution in [3.8, 4) is 5.75 Å². The summed E-state index contributed by atoms with van der Waals surface area (Å²) in [5.41, 5.74) is 2.67. The van der Waals surface area contributed by atoms with E-state index in [9.17, 15) is 0 Å². The lowest BCUT2D eigenvalue weighted by Gasteiger charge is -2.22. The Bertz CT molecular complexity index is 437. The molecule has 18 heavy (non-hydrogen) atoms. The third kappa shape index (κ3) is 2.74. The van der Waals surface area contributed by atoms with Gasteiger partial charge >= 0.3 is 0 Å². The first kappa shape index (κ1) is 13.9. The number of hydrogen-bond donors (Lipinski definition) is 0. The fraction of sp³-hybridized carbons (Fsp3) is 0.625. The molecule has 0 aliphatic carbocycles.